The molecular formula is C58H69ClF3NO8. The Kier molecular flexibility index (Phi) is 19.6. The zero-order chi connectivity index (χ0) is 51.3. The lowest BCUT2D eigenvalue weighted by atomic mass is 9.65. The molecule has 382 valence electrons. The van der Waals surface area contributed by atoms with Gasteiger partial charge in [-0.25, -0.2) is 0 Å². The molecule has 0 amide bonds. The van der Waals surface area contributed by atoms with Gasteiger partial charge in [-0.3, -0.25) is 19.3 Å². The second-order valence-electron chi connectivity index (χ2n) is 20.1. The van der Waals surface area contributed by atoms with Crippen LogP contribution < -0.4 is 4.74 Å². The topological polar surface area (TPSA) is 123 Å². The van der Waals surface area contributed by atoms with Crippen LogP contribution in [-0.4, -0.2) is 71.0 Å². The number of fused-ring (bicyclic) bond motifs is 1. The number of aliphatic carboxylic acids is 1. The van der Waals surface area contributed by atoms with Crippen molar-refractivity contribution in [1.29, 1.82) is 0 Å². The minimum Gasteiger partial charge on any atom is -0.494 e. The molecule has 1 heterocycles. The third kappa shape index (κ3) is 15.8. The Morgan fingerprint density at radius 1 is 0.915 bits per heavy atom. The van der Waals surface area contributed by atoms with Crippen LogP contribution in [0, 0.1) is 29.1 Å². The lowest BCUT2D eigenvalue weighted by Gasteiger charge is -2.44. The van der Waals surface area contributed by atoms with Gasteiger partial charge in [0.1, 0.15) is 18.0 Å². The van der Waals surface area contributed by atoms with Gasteiger partial charge >= 0.3 is 24.1 Å². The Morgan fingerprint density at radius 3 is 2.23 bits per heavy atom. The van der Waals surface area contributed by atoms with Gasteiger partial charge in [0.25, 0.3) is 0 Å². The SMILES string of the molecule is CCC(C)(C)C(=O)O[C@H]1C[C@@H](C)C=C2C=C[C@H](C)[C@H](CC[C@@H]3C[C@@H](O)CC(=O)O3)[C@H]21.O=C(O)Cc1cccc(OCCCN(Cc2cccc(C(F)(F)F)c2Cl)CC(c2ccccc2)c2ccccc2)c1. The van der Waals surface area contributed by atoms with Crippen molar-refractivity contribution >= 4 is 29.5 Å². The molecule has 7 rings (SSSR count). The average Bonchev–Trinajstić information content (AvgIpc) is 3.32. The highest BCUT2D eigenvalue weighted by Crippen LogP contribution is 2.46. The number of rotatable bonds is 19. The molecule has 4 aromatic carbocycles. The van der Waals surface area contributed by atoms with Crippen molar-refractivity contribution in [3.05, 3.63) is 160 Å². The number of carboxylic acid groups (broad SMARTS) is 1. The first-order chi connectivity index (χ1) is 33.8. The van der Waals surface area contributed by atoms with Crippen LogP contribution >= 0.6 is 11.6 Å². The van der Waals surface area contributed by atoms with Gasteiger partial charge in [0.2, 0.25) is 0 Å². The molecule has 1 fully saturated rings. The molecule has 0 radical (unpaired) electrons. The van der Waals surface area contributed by atoms with Crippen LogP contribution in [0.25, 0.3) is 0 Å². The number of cyclic esters (lactones) is 1. The van der Waals surface area contributed by atoms with E-state index in [1.165, 1.54) is 11.6 Å². The molecule has 0 saturated carbocycles. The first kappa shape index (κ1) is 54.9. The molecule has 0 aromatic heterocycles. The fourth-order valence-electron chi connectivity index (χ4n) is 9.91. The van der Waals surface area contributed by atoms with Crippen LogP contribution in [0.1, 0.15) is 113 Å². The van der Waals surface area contributed by atoms with Gasteiger partial charge in [-0.1, -0.05) is 136 Å². The standard InChI is InChI=1S/C33H31ClF3NO3.C25H38O5/c34-32-27(15-8-17-30(32)33(35,36)37)22-38(18-9-19-41-28-16-7-10-24(20-28)21-31(39)40)23-29(25-11-3-1-4-12-25)26-13-5-2-6-14-26;1-6-25(4,5)24(28)30-21-12-15(2)11-17-8-7-16(3)20(23(17)21)10-9-19-13-18(26)14-22(27)29-19/h1-8,10-17,20,29H,9,18-19,21-23H2,(H,39,40);7-8,11,15-16,18-21,23,26H,6,9-10,12-14H2,1-5H3/t;15-,16-,18+,19+,20-,21-,23-/m.0/s1. The van der Waals surface area contributed by atoms with Crippen molar-refractivity contribution in [1.82, 2.24) is 4.90 Å². The summed E-state index contributed by atoms with van der Waals surface area (Å²) in [7, 11) is 0. The number of halogens is 4. The van der Waals surface area contributed by atoms with Gasteiger partial charge in [0.15, 0.2) is 0 Å². The summed E-state index contributed by atoms with van der Waals surface area (Å²) in [5.74, 6) is 0.411. The second-order valence-corrected chi connectivity index (χ2v) is 20.4. The number of carboxylic acids is 1. The van der Waals surface area contributed by atoms with Crippen LogP contribution in [0.5, 0.6) is 5.75 Å². The molecule has 0 bridgehead atoms. The maximum atomic E-state index is 13.6. The summed E-state index contributed by atoms with van der Waals surface area (Å²) in [4.78, 5) is 37.7. The molecule has 1 aliphatic heterocycles. The van der Waals surface area contributed by atoms with Gasteiger partial charge in [-0.15, -0.1) is 0 Å². The Balaban J connectivity index is 0.000000244. The summed E-state index contributed by atoms with van der Waals surface area (Å²) in [6.07, 6.45) is 5.57. The maximum Gasteiger partial charge on any atom is 0.417 e. The van der Waals surface area contributed by atoms with Gasteiger partial charge in [0, 0.05) is 37.9 Å². The number of allylic oxidation sites excluding steroid dienone is 3. The number of ether oxygens (including phenoxy) is 3. The molecule has 7 atom stereocenters. The smallest absolute Gasteiger partial charge is 0.417 e. The number of alkyl halides is 3. The van der Waals surface area contributed by atoms with E-state index in [1.807, 2.05) is 57.2 Å². The molecule has 71 heavy (non-hydrogen) atoms. The summed E-state index contributed by atoms with van der Waals surface area (Å²) < 4.78 is 58.3. The Labute approximate surface area is 422 Å². The molecule has 9 nitrogen and oxygen atoms in total. The van der Waals surface area contributed by atoms with E-state index in [4.69, 9.17) is 30.9 Å². The van der Waals surface area contributed by atoms with Crippen LogP contribution in [-0.2, 0) is 43.0 Å². The first-order valence-corrected chi connectivity index (χ1v) is 25.3. The van der Waals surface area contributed by atoms with Gasteiger partial charge in [-0.2, -0.15) is 13.2 Å². The second kappa shape index (κ2) is 25.3. The van der Waals surface area contributed by atoms with Crippen molar-refractivity contribution in [2.75, 3.05) is 19.7 Å². The van der Waals surface area contributed by atoms with Crippen LogP contribution in [0.2, 0.25) is 5.02 Å². The van der Waals surface area contributed by atoms with E-state index >= 15 is 0 Å². The molecule has 0 unspecified atom stereocenters. The normalized spacial score (nSPS) is 22.2. The van der Waals surface area contributed by atoms with E-state index in [0.717, 1.165) is 42.9 Å². The summed E-state index contributed by atoms with van der Waals surface area (Å²) >= 11 is 6.29. The largest absolute Gasteiger partial charge is 0.494 e. The van der Waals surface area contributed by atoms with Crippen molar-refractivity contribution in [3.8, 4) is 5.75 Å². The van der Waals surface area contributed by atoms with Crippen LogP contribution in [0.3, 0.4) is 0 Å². The first-order valence-electron chi connectivity index (χ1n) is 24.9. The zero-order valence-corrected chi connectivity index (χ0v) is 42.2. The third-order valence-electron chi connectivity index (χ3n) is 14.1. The maximum absolute atomic E-state index is 13.6. The van der Waals surface area contributed by atoms with E-state index in [-0.39, 0.29) is 60.4 Å². The Hall–Kier alpha value is -5.43. The van der Waals surface area contributed by atoms with Crippen molar-refractivity contribution in [2.24, 2.45) is 29.1 Å². The highest BCUT2D eigenvalue weighted by atomic mass is 35.5. The van der Waals surface area contributed by atoms with Crippen LogP contribution in [0.15, 0.2) is 127 Å². The molecule has 4 aromatic rings. The van der Waals surface area contributed by atoms with E-state index in [2.05, 4.69) is 61.2 Å². The number of carbonyl (C=O) groups is 3. The number of aliphatic hydroxyl groups is 1. The summed E-state index contributed by atoms with van der Waals surface area (Å²) in [5, 5.41) is 18.7. The minimum atomic E-state index is -4.54. The number of aliphatic hydroxyl groups excluding tert-OH is 1. The quantitative estimate of drug-likeness (QED) is 0.0698. The van der Waals surface area contributed by atoms with E-state index in [0.29, 0.717) is 67.2 Å². The number of nitrogens with zero attached hydrogens (tertiary/aromatic N) is 1. The molecule has 13 heteroatoms. The summed E-state index contributed by atoms with van der Waals surface area (Å²) in [5.41, 5.74) is 3.19. The Bertz CT molecular complexity index is 2400. The summed E-state index contributed by atoms with van der Waals surface area (Å²) in [6, 6.07) is 31.0. The number of esters is 2. The van der Waals surface area contributed by atoms with Crippen LogP contribution in [0.4, 0.5) is 13.2 Å². The van der Waals surface area contributed by atoms with Gasteiger partial charge < -0.3 is 24.4 Å². The minimum absolute atomic E-state index is 0.0180. The third-order valence-corrected chi connectivity index (χ3v) is 14.6. The molecule has 0 spiro atoms. The number of carbonyl (C=O) groups excluding carboxylic acids is 2. The summed E-state index contributed by atoms with van der Waals surface area (Å²) in [6.45, 7) is 12.0. The highest BCUT2D eigenvalue weighted by molar-refractivity contribution is 6.32. The molecule has 2 aliphatic carbocycles. The highest BCUT2D eigenvalue weighted by Gasteiger charge is 2.43. The molecule has 3 aliphatic rings. The average molecular weight is 1000 g/mol. The lowest BCUT2D eigenvalue weighted by Crippen LogP contribution is -2.43. The van der Waals surface area contributed by atoms with E-state index < -0.39 is 29.2 Å². The number of benzene rings is 4. The molecule has 2 N–H and O–H groups in total. The van der Waals surface area contributed by atoms with E-state index in [9.17, 15) is 32.7 Å². The zero-order valence-electron chi connectivity index (χ0n) is 41.5. The van der Waals surface area contributed by atoms with Crippen molar-refractivity contribution < 1.29 is 52.0 Å². The van der Waals surface area contributed by atoms with Crippen molar-refractivity contribution in [3.63, 3.8) is 0 Å². The van der Waals surface area contributed by atoms with Crippen molar-refractivity contribution in [2.45, 2.75) is 123 Å². The molecule has 1 saturated heterocycles. The van der Waals surface area contributed by atoms with E-state index in [1.54, 1.807) is 30.3 Å². The fourth-order valence-corrected chi connectivity index (χ4v) is 10.2. The monoisotopic (exact) mass is 999 g/mol. The molecular weight excluding hydrogens is 931 g/mol. The van der Waals surface area contributed by atoms with Gasteiger partial charge in [0.05, 0.1) is 41.6 Å². The predicted octanol–water partition coefficient (Wildman–Crippen LogP) is 12.7. The number of hydrogen-bond acceptors (Lipinski definition) is 8. The predicted molar refractivity (Wildman–Crippen MR) is 270 cm³/mol. The lowest BCUT2D eigenvalue weighted by molar-refractivity contribution is -0.166. The van der Waals surface area contributed by atoms with Gasteiger partial charge in [-0.05, 0) is 110 Å². The fraction of sp³-hybridized carbons (Fsp3) is 0.466. The Morgan fingerprint density at radius 2 is 1.59 bits per heavy atom. The number of hydrogen-bond donors (Lipinski definition) is 2.